The number of ether oxygens (including phenoxy) is 1. The lowest BCUT2D eigenvalue weighted by molar-refractivity contribution is -0.0313. The molecule has 0 amide bonds. The maximum absolute atomic E-state index is 5.71. The molecule has 1 saturated heterocycles. The molecule has 2 nitrogen and oxygen atoms in total. The van der Waals surface area contributed by atoms with Crippen LogP contribution in [0.1, 0.15) is 34.6 Å². The van der Waals surface area contributed by atoms with E-state index in [2.05, 4.69) is 39.9 Å². The minimum Gasteiger partial charge on any atom is -0.359 e. The van der Waals surface area contributed by atoms with Gasteiger partial charge in [-0.1, -0.05) is 13.8 Å². The quantitative estimate of drug-likeness (QED) is 0.690. The Kier molecular flexibility index (Phi) is 3.59. The topological polar surface area (TPSA) is 21.3 Å². The Balaban J connectivity index is 0.00000121. The first kappa shape index (κ1) is 12.2. The van der Waals surface area contributed by atoms with Crippen LogP contribution in [-0.2, 0) is 4.74 Å². The smallest absolute Gasteiger partial charge is 0.119 e. The monoisotopic (exact) mass is 193 g/mol. The van der Waals surface area contributed by atoms with E-state index in [0.717, 1.165) is 6.61 Å². The highest BCUT2D eigenvalue weighted by atomic mass is 35.5. The van der Waals surface area contributed by atoms with Gasteiger partial charge in [-0.2, -0.15) is 0 Å². The van der Waals surface area contributed by atoms with E-state index in [4.69, 9.17) is 4.74 Å². The Bertz CT molecular complexity index is 159. The Morgan fingerprint density at radius 2 is 1.75 bits per heavy atom. The lowest BCUT2D eigenvalue weighted by Crippen LogP contribution is -2.49. The summed E-state index contributed by atoms with van der Waals surface area (Å²) in [6, 6.07) is 0. The third-order valence-electron chi connectivity index (χ3n) is 2.42. The van der Waals surface area contributed by atoms with Crippen molar-refractivity contribution in [2.24, 2.45) is 5.92 Å². The molecule has 0 aromatic rings. The molecule has 0 radical (unpaired) electrons. The SMILES string of the molecule is CC(C)C1(C)NC(C)(C)CO1.Cl. The average Bonchev–Trinajstić information content (AvgIpc) is 2.08. The third-order valence-corrected chi connectivity index (χ3v) is 2.42. The van der Waals surface area contributed by atoms with E-state index in [-0.39, 0.29) is 23.7 Å². The van der Waals surface area contributed by atoms with Gasteiger partial charge in [0.25, 0.3) is 0 Å². The Morgan fingerprint density at radius 1 is 1.25 bits per heavy atom. The molecule has 1 fully saturated rings. The standard InChI is InChI=1S/C9H19NO.ClH/c1-7(2)9(5)10-8(3,4)6-11-9;/h7,10H,6H2,1-5H3;1H. The average molecular weight is 194 g/mol. The van der Waals surface area contributed by atoms with Gasteiger partial charge in [0.05, 0.1) is 6.61 Å². The minimum absolute atomic E-state index is 0. The van der Waals surface area contributed by atoms with Gasteiger partial charge in [-0.05, 0) is 26.7 Å². The summed E-state index contributed by atoms with van der Waals surface area (Å²) in [4.78, 5) is 0. The summed E-state index contributed by atoms with van der Waals surface area (Å²) < 4.78 is 5.71. The normalized spacial score (nSPS) is 33.5. The number of hydrogen-bond acceptors (Lipinski definition) is 2. The molecule has 0 bridgehead atoms. The van der Waals surface area contributed by atoms with Gasteiger partial charge in [0.2, 0.25) is 0 Å². The van der Waals surface area contributed by atoms with E-state index in [1.165, 1.54) is 0 Å². The second-order valence-corrected chi connectivity index (χ2v) is 4.56. The summed E-state index contributed by atoms with van der Waals surface area (Å²) in [5, 5.41) is 3.48. The first-order valence-electron chi connectivity index (χ1n) is 4.29. The van der Waals surface area contributed by atoms with Gasteiger partial charge in [-0.3, -0.25) is 5.32 Å². The van der Waals surface area contributed by atoms with Crippen LogP contribution in [-0.4, -0.2) is 17.9 Å². The molecule has 1 aliphatic heterocycles. The molecule has 0 aromatic heterocycles. The van der Waals surface area contributed by atoms with E-state index in [9.17, 15) is 0 Å². The summed E-state index contributed by atoms with van der Waals surface area (Å²) in [7, 11) is 0. The predicted octanol–water partition coefficient (Wildman–Crippen LogP) is 2.18. The summed E-state index contributed by atoms with van der Waals surface area (Å²) in [6.45, 7) is 11.6. The molecular formula is C9H20ClNO. The molecule has 0 aromatic carbocycles. The van der Waals surface area contributed by atoms with Gasteiger partial charge in [-0.25, -0.2) is 0 Å². The highest BCUT2D eigenvalue weighted by molar-refractivity contribution is 5.85. The molecule has 3 heteroatoms. The summed E-state index contributed by atoms with van der Waals surface area (Å²) in [6.07, 6.45) is 0. The van der Waals surface area contributed by atoms with Crippen molar-refractivity contribution in [3.05, 3.63) is 0 Å². The fourth-order valence-corrected chi connectivity index (χ4v) is 1.39. The van der Waals surface area contributed by atoms with Crippen LogP contribution in [0.3, 0.4) is 0 Å². The maximum Gasteiger partial charge on any atom is 0.119 e. The molecule has 1 unspecified atom stereocenters. The van der Waals surface area contributed by atoms with Gasteiger partial charge in [-0.15, -0.1) is 12.4 Å². The first-order chi connectivity index (χ1) is 4.86. The van der Waals surface area contributed by atoms with Crippen LogP contribution >= 0.6 is 12.4 Å². The van der Waals surface area contributed by atoms with Crippen molar-refractivity contribution >= 4 is 12.4 Å². The summed E-state index contributed by atoms with van der Waals surface area (Å²) in [5.74, 6) is 0.518. The van der Waals surface area contributed by atoms with Crippen molar-refractivity contribution in [1.82, 2.24) is 5.32 Å². The second-order valence-electron chi connectivity index (χ2n) is 4.56. The van der Waals surface area contributed by atoms with E-state index in [1.54, 1.807) is 0 Å². The van der Waals surface area contributed by atoms with Gasteiger partial charge in [0.15, 0.2) is 0 Å². The van der Waals surface area contributed by atoms with Crippen LogP contribution in [0.2, 0.25) is 0 Å². The van der Waals surface area contributed by atoms with Crippen molar-refractivity contribution < 1.29 is 4.74 Å². The van der Waals surface area contributed by atoms with Crippen LogP contribution in [0.4, 0.5) is 0 Å². The molecular weight excluding hydrogens is 174 g/mol. The number of rotatable bonds is 1. The van der Waals surface area contributed by atoms with Crippen LogP contribution in [0, 0.1) is 5.92 Å². The molecule has 0 saturated carbocycles. The summed E-state index contributed by atoms with van der Waals surface area (Å²) >= 11 is 0. The highest BCUT2D eigenvalue weighted by Crippen LogP contribution is 2.28. The van der Waals surface area contributed by atoms with Gasteiger partial charge in [0, 0.05) is 5.54 Å². The van der Waals surface area contributed by atoms with E-state index >= 15 is 0 Å². The van der Waals surface area contributed by atoms with Gasteiger partial charge < -0.3 is 4.74 Å². The fraction of sp³-hybridized carbons (Fsp3) is 1.00. The Labute approximate surface area is 81.5 Å². The molecule has 1 N–H and O–H groups in total. The zero-order chi connectivity index (χ0) is 8.70. The third kappa shape index (κ3) is 2.35. The molecule has 0 spiro atoms. The predicted molar refractivity (Wildman–Crippen MR) is 53.7 cm³/mol. The van der Waals surface area contributed by atoms with E-state index < -0.39 is 0 Å². The van der Waals surface area contributed by atoms with Crippen LogP contribution in [0.15, 0.2) is 0 Å². The maximum atomic E-state index is 5.71. The zero-order valence-electron chi connectivity index (χ0n) is 8.60. The van der Waals surface area contributed by atoms with Gasteiger partial charge in [0.1, 0.15) is 5.72 Å². The first-order valence-corrected chi connectivity index (χ1v) is 4.29. The highest BCUT2D eigenvalue weighted by Gasteiger charge is 2.41. The Hall–Kier alpha value is 0.210. The van der Waals surface area contributed by atoms with Crippen molar-refractivity contribution in [3.8, 4) is 0 Å². The minimum atomic E-state index is -0.122. The van der Waals surface area contributed by atoms with E-state index in [0.29, 0.717) is 5.92 Å². The van der Waals surface area contributed by atoms with Crippen molar-refractivity contribution in [3.63, 3.8) is 0 Å². The zero-order valence-corrected chi connectivity index (χ0v) is 9.42. The molecule has 1 rings (SSSR count). The van der Waals surface area contributed by atoms with Crippen LogP contribution < -0.4 is 5.32 Å². The molecule has 1 heterocycles. The number of nitrogens with one attached hydrogen (secondary N) is 1. The van der Waals surface area contributed by atoms with Crippen LogP contribution in [0.5, 0.6) is 0 Å². The summed E-state index contributed by atoms with van der Waals surface area (Å²) in [5.41, 5.74) is 0.0164. The Morgan fingerprint density at radius 3 is 1.92 bits per heavy atom. The second kappa shape index (κ2) is 3.52. The lowest BCUT2D eigenvalue weighted by atomic mass is 10.00. The van der Waals surface area contributed by atoms with Gasteiger partial charge >= 0.3 is 0 Å². The largest absolute Gasteiger partial charge is 0.359 e. The molecule has 74 valence electrons. The number of halogens is 1. The van der Waals surface area contributed by atoms with E-state index in [1.807, 2.05) is 0 Å². The van der Waals surface area contributed by atoms with Crippen molar-refractivity contribution in [2.75, 3.05) is 6.61 Å². The van der Waals surface area contributed by atoms with Crippen molar-refractivity contribution in [2.45, 2.75) is 45.9 Å². The van der Waals surface area contributed by atoms with Crippen molar-refractivity contribution in [1.29, 1.82) is 0 Å². The molecule has 0 aliphatic carbocycles. The van der Waals surface area contributed by atoms with Crippen LogP contribution in [0.25, 0.3) is 0 Å². The molecule has 1 atom stereocenters. The fourth-order valence-electron chi connectivity index (χ4n) is 1.39. The number of hydrogen-bond donors (Lipinski definition) is 1. The molecule has 12 heavy (non-hydrogen) atoms. The lowest BCUT2D eigenvalue weighted by Gasteiger charge is -2.30. The molecule has 1 aliphatic rings.